The van der Waals surface area contributed by atoms with Gasteiger partial charge in [-0.25, -0.2) is 18.1 Å². The summed E-state index contributed by atoms with van der Waals surface area (Å²) in [6, 6.07) is 11.9. The van der Waals surface area contributed by atoms with E-state index in [2.05, 4.69) is 53.1 Å². The number of H-pyrrole nitrogens is 1. The number of nitrogens with zero attached hydrogens (tertiary/aromatic N) is 4. The van der Waals surface area contributed by atoms with Gasteiger partial charge in [-0.3, -0.25) is 4.90 Å². The first-order chi connectivity index (χ1) is 15.6. The average Bonchev–Trinajstić information content (AvgIpc) is 3.44. The second kappa shape index (κ2) is 9.14. The molecule has 5 rings (SSSR count). The number of unbranched alkanes of at least 4 members (excludes halogenated alkanes) is 1. The first-order valence-electron chi connectivity index (χ1n) is 10.9. The van der Waals surface area contributed by atoms with Crippen LogP contribution in [0.4, 0.5) is 5.82 Å². The number of hydrogen-bond donors (Lipinski definition) is 2. The van der Waals surface area contributed by atoms with Crippen LogP contribution < -0.4 is 9.62 Å². The lowest BCUT2D eigenvalue weighted by Crippen LogP contribution is -2.46. The molecule has 32 heavy (non-hydrogen) atoms. The van der Waals surface area contributed by atoms with Crippen LogP contribution in [-0.4, -0.2) is 66.9 Å². The standard InChI is InChI=1S/C22H26N6O2S2/c29-32(30,20-16-24-21-18(20)7-5-9-23-21)25-10-3-4-11-27-12-14-28(15-13-27)22-17-6-1-2-8-19(17)31-26-22/h1-2,5-9,16,25H,3-4,10-15H2,(H,23,24). The molecule has 0 unspecified atom stereocenters. The van der Waals surface area contributed by atoms with Crippen LogP contribution in [0.5, 0.6) is 0 Å². The summed E-state index contributed by atoms with van der Waals surface area (Å²) in [5, 5.41) is 1.86. The molecule has 1 aromatic carbocycles. The predicted molar refractivity (Wildman–Crippen MR) is 129 cm³/mol. The highest BCUT2D eigenvalue weighted by Gasteiger charge is 2.21. The van der Waals surface area contributed by atoms with E-state index in [-0.39, 0.29) is 4.90 Å². The number of hydrogen-bond acceptors (Lipinski definition) is 7. The van der Waals surface area contributed by atoms with Crippen molar-refractivity contribution in [2.24, 2.45) is 0 Å². The van der Waals surface area contributed by atoms with Gasteiger partial charge in [-0.15, -0.1) is 0 Å². The molecule has 0 spiro atoms. The molecule has 1 fully saturated rings. The van der Waals surface area contributed by atoms with Crippen LogP contribution >= 0.6 is 11.5 Å². The number of anilines is 1. The van der Waals surface area contributed by atoms with E-state index in [0.717, 1.165) is 51.4 Å². The van der Waals surface area contributed by atoms with Crippen LogP contribution in [0.2, 0.25) is 0 Å². The smallest absolute Gasteiger partial charge is 0.242 e. The molecule has 10 heteroatoms. The van der Waals surface area contributed by atoms with Crippen molar-refractivity contribution < 1.29 is 8.42 Å². The number of nitrogens with one attached hydrogen (secondary N) is 2. The third-order valence-corrected chi connectivity index (χ3v) is 8.24. The van der Waals surface area contributed by atoms with E-state index in [1.807, 2.05) is 0 Å². The molecular weight excluding hydrogens is 444 g/mol. The maximum atomic E-state index is 12.6. The molecule has 1 saturated heterocycles. The van der Waals surface area contributed by atoms with E-state index in [4.69, 9.17) is 0 Å². The molecule has 1 aliphatic heterocycles. The maximum absolute atomic E-state index is 12.6. The van der Waals surface area contributed by atoms with Gasteiger partial charge in [0.05, 0.1) is 4.70 Å². The molecule has 0 amide bonds. The third-order valence-electron chi connectivity index (χ3n) is 5.93. The summed E-state index contributed by atoms with van der Waals surface area (Å²) >= 11 is 1.56. The van der Waals surface area contributed by atoms with Crippen molar-refractivity contribution in [2.75, 3.05) is 44.2 Å². The minimum atomic E-state index is -3.55. The topological polar surface area (TPSA) is 94.2 Å². The lowest BCUT2D eigenvalue weighted by atomic mass is 10.2. The largest absolute Gasteiger partial charge is 0.353 e. The Labute approximate surface area is 191 Å². The second-order valence-corrected chi connectivity index (χ2v) is 10.5. The molecule has 1 aliphatic rings. The predicted octanol–water partition coefficient (Wildman–Crippen LogP) is 3.05. The summed E-state index contributed by atoms with van der Waals surface area (Å²) in [6.07, 6.45) is 4.90. The van der Waals surface area contributed by atoms with Gasteiger partial charge in [0.25, 0.3) is 0 Å². The molecule has 0 saturated carbocycles. The zero-order chi connectivity index (χ0) is 22.0. The fourth-order valence-corrected chi connectivity index (χ4v) is 6.21. The van der Waals surface area contributed by atoms with Crippen molar-refractivity contribution in [3.05, 3.63) is 48.8 Å². The molecule has 0 aliphatic carbocycles. The van der Waals surface area contributed by atoms with Gasteiger partial charge in [-0.2, -0.15) is 4.37 Å². The number of fused-ring (bicyclic) bond motifs is 2. The van der Waals surface area contributed by atoms with Crippen molar-refractivity contribution in [1.29, 1.82) is 0 Å². The SMILES string of the molecule is O=S(=O)(NCCCCN1CCN(c2nsc3ccccc23)CC1)c1c[nH]c2ncccc12. The Kier molecular flexibility index (Phi) is 6.09. The van der Waals surface area contributed by atoms with Gasteiger partial charge in [0, 0.05) is 55.9 Å². The Morgan fingerprint density at radius 3 is 2.72 bits per heavy atom. The third kappa shape index (κ3) is 4.36. The molecule has 168 valence electrons. The summed E-state index contributed by atoms with van der Waals surface area (Å²) in [6.45, 7) is 5.34. The van der Waals surface area contributed by atoms with Gasteiger partial charge in [-0.05, 0) is 55.2 Å². The first kappa shape index (κ1) is 21.3. The Morgan fingerprint density at radius 2 is 1.84 bits per heavy atom. The van der Waals surface area contributed by atoms with Gasteiger partial charge in [0.15, 0.2) is 0 Å². The molecule has 0 bridgehead atoms. The van der Waals surface area contributed by atoms with Crippen LogP contribution in [0.15, 0.2) is 53.7 Å². The van der Waals surface area contributed by atoms with Gasteiger partial charge >= 0.3 is 0 Å². The monoisotopic (exact) mass is 470 g/mol. The summed E-state index contributed by atoms with van der Waals surface area (Å²) in [5.74, 6) is 1.10. The zero-order valence-electron chi connectivity index (χ0n) is 17.7. The van der Waals surface area contributed by atoms with Crippen LogP contribution in [0.1, 0.15) is 12.8 Å². The highest BCUT2D eigenvalue weighted by Crippen LogP contribution is 2.29. The van der Waals surface area contributed by atoms with Crippen molar-refractivity contribution in [2.45, 2.75) is 17.7 Å². The first-order valence-corrected chi connectivity index (χ1v) is 13.1. The lowest BCUT2D eigenvalue weighted by molar-refractivity contribution is 0.253. The summed E-state index contributed by atoms with van der Waals surface area (Å²) in [5.41, 5.74) is 0.581. The lowest BCUT2D eigenvalue weighted by Gasteiger charge is -2.35. The number of aromatic nitrogens is 3. The Morgan fingerprint density at radius 1 is 1.03 bits per heavy atom. The quantitative estimate of drug-likeness (QED) is 0.385. The van der Waals surface area contributed by atoms with Crippen LogP contribution in [0, 0.1) is 0 Å². The van der Waals surface area contributed by atoms with E-state index in [1.165, 1.54) is 16.3 Å². The number of aromatic amines is 1. The van der Waals surface area contributed by atoms with Crippen molar-refractivity contribution >= 4 is 48.5 Å². The number of piperazine rings is 1. The average molecular weight is 471 g/mol. The molecular formula is C22H26N6O2S2. The number of pyridine rings is 1. The van der Waals surface area contributed by atoms with E-state index < -0.39 is 10.0 Å². The Balaban J connectivity index is 1.06. The minimum absolute atomic E-state index is 0.256. The fourth-order valence-electron chi connectivity index (χ4n) is 4.18. The van der Waals surface area contributed by atoms with Gasteiger partial charge in [0.1, 0.15) is 16.4 Å². The summed E-state index contributed by atoms with van der Waals surface area (Å²) in [4.78, 5) is 12.2. The molecule has 3 aromatic heterocycles. The molecule has 0 radical (unpaired) electrons. The van der Waals surface area contributed by atoms with Crippen molar-refractivity contribution in [1.82, 2.24) is 24.0 Å². The number of rotatable bonds is 8. The van der Waals surface area contributed by atoms with E-state index >= 15 is 0 Å². The van der Waals surface area contributed by atoms with Crippen LogP contribution in [-0.2, 0) is 10.0 Å². The molecule has 4 heterocycles. The molecule has 2 N–H and O–H groups in total. The van der Waals surface area contributed by atoms with E-state index in [0.29, 0.717) is 17.6 Å². The zero-order valence-corrected chi connectivity index (χ0v) is 19.3. The van der Waals surface area contributed by atoms with Crippen LogP contribution in [0.3, 0.4) is 0 Å². The Hall–Kier alpha value is -2.53. The number of sulfonamides is 1. The molecule has 0 atom stereocenters. The summed E-state index contributed by atoms with van der Waals surface area (Å²) < 4.78 is 33.9. The molecule has 4 aromatic rings. The highest BCUT2D eigenvalue weighted by molar-refractivity contribution is 7.89. The second-order valence-electron chi connectivity index (χ2n) is 7.99. The normalized spacial score (nSPS) is 15.7. The highest BCUT2D eigenvalue weighted by atomic mass is 32.2. The van der Waals surface area contributed by atoms with Gasteiger partial charge in [-0.1, -0.05) is 12.1 Å². The summed E-state index contributed by atoms with van der Waals surface area (Å²) in [7, 11) is -3.55. The maximum Gasteiger partial charge on any atom is 0.242 e. The van der Waals surface area contributed by atoms with E-state index in [1.54, 1.807) is 29.9 Å². The Bertz CT molecular complexity index is 1310. The van der Waals surface area contributed by atoms with Crippen LogP contribution in [0.25, 0.3) is 21.1 Å². The van der Waals surface area contributed by atoms with Crippen molar-refractivity contribution in [3.8, 4) is 0 Å². The van der Waals surface area contributed by atoms with E-state index in [9.17, 15) is 8.42 Å². The minimum Gasteiger partial charge on any atom is -0.353 e. The number of benzene rings is 1. The van der Waals surface area contributed by atoms with Gasteiger partial charge < -0.3 is 9.88 Å². The van der Waals surface area contributed by atoms with Crippen molar-refractivity contribution in [3.63, 3.8) is 0 Å². The fraction of sp³-hybridized carbons (Fsp3) is 0.364. The van der Waals surface area contributed by atoms with Gasteiger partial charge in [0.2, 0.25) is 10.0 Å². The molecule has 8 nitrogen and oxygen atoms in total.